The maximum Gasteiger partial charge on any atom is 0.309 e. The van der Waals surface area contributed by atoms with Crippen molar-refractivity contribution in [2.24, 2.45) is 5.92 Å². The summed E-state index contributed by atoms with van der Waals surface area (Å²) in [6.45, 7) is 3.22. The molecule has 2 N–H and O–H groups in total. The van der Waals surface area contributed by atoms with Gasteiger partial charge in [0.1, 0.15) is 0 Å². The molecule has 1 saturated heterocycles. The van der Waals surface area contributed by atoms with Gasteiger partial charge in [-0.25, -0.2) is 12.7 Å². The summed E-state index contributed by atoms with van der Waals surface area (Å²) in [7, 11) is -3.11. The van der Waals surface area contributed by atoms with Crippen LogP contribution in [-0.4, -0.2) is 49.4 Å². The van der Waals surface area contributed by atoms with Gasteiger partial charge >= 0.3 is 11.8 Å². The van der Waals surface area contributed by atoms with Gasteiger partial charge in [0.05, 0.1) is 11.3 Å². The molecule has 8 heteroatoms. The van der Waals surface area contributed by atoms with Crippen molar-refractivity contribution in [2.75, 3.05) is 19.6 Å². The van der Waals surface area contributed by atoms with Crippen molar-refractivity contribution in [1.82, 2.24) is 14.9 Å². The number of benzene rings is 1. The van der Waals surface area contributed by atoms with Gasteiger partial charge in [0.2, 0.25) is 10.0 Å². The lowest BCUT2D eigenvalue weighted by atomic mass is 9.98. The fourth-order valence-corrected chi connectivity index (χ4v) is 5.22. The summed E-state index contributed by atoms with van der Waals surface area (Å²) < 4.78 is 26.0. The van der Waals surface area contributed by atoms with Crippen molar-refractivity contribution < 1.29 is 18.0 Å². The maximum absolute atomic E-state index is 12.2. The molecule has 0 unspecified atom stereocenters. The van der Waals surface area contributed by atoms with Crippen LogP contribution in [0.15, 0.2) is 30.3 Å². The number of carbonyl (C=O) groups is 2. The molecule has 1 saturated carbocycles. The van der Waals surface area contributed by atoms with E-state index in [9.17, 15) is 18.0 Å². The first-order chi connectivity index (χ1) is 12.9. The predicted octanol–water partition coefficient (Wildman–Crippen LogP) is 1.18. The van der Waals surface area contributed by atoms with Crippen molar-refractivity contribution in [2.45, 2.75) is 43.9 Å². The lowest BCUT2D eigenvalue weighted by molar-refractivity contribution is -0.139. The molecular weight excluding hydrogens is 366 g/mol. The highest BCUT2D eigenvalue weighted by molar-refractivity contribution is 7.90. The number of nitrogens with one attached hydrogen (secondary N) is 2. The van der Waals surface area contributed by atoms with Crippen LogP contribution < -0.4 is 10.6 Å². The van der Waals surface area contributed by atoms with Crippen molar-refractivity contribution in [3.63, 3.8) is 0 Å². The van der Waals surface area contributed by atoms with Gasteiger partial charge in [-0.15, -0.1) is 0 Å². The molecule has 2 fully saturated rings. The van der Waals surface area contributed by atoms with Gasteiger partial charge in [-0.1, -0.05) is 30.3 Å². The molecule has 0 spiro atoms. The fourth-order valence-electron chi connectivity index (χ4n) is 3.35. The summed E-state index contributed by atoms with van der Waals surface area (Å²) >= 11 is 0. The lowest BCUT2D eigenvalue weighted by Crippen LogP contribution is -2.45. The van der Waals surface area contributed by atoms with Crippen LogP contribution in [0, 0.1) is 5.92 Å². The molecule has 148 valence electrons. The highest BCUT2D eigenvalue weighted by Crippen LogP contribution is 2.33. The number of nitrogens with zero attached hydrogens (tertiary/aromatic N) is 1. The van der Waals surface area contributed by atoms with E-state index >= 15 is 0 Å². The first-order valence-electron chi connectivity index (χ1n) is 9.50. The Morgan fingerprint density at radius 3 is 2.30 bits per heavy atom. The monoisotopic (exact) mass is 393 g/mol. The number of piperidine rings is 1. The van der Waals surface area contributed by atoms with Crippen molar-refractivity contribution in [3.8, 4) is 0 Å². The first kappa shape index (κ1) is 19.8. The number of hydrogen-bond acceptors (Lipinski definition) is 4. The molecule has 1 heterocycles. The van der Waals surface area contributed by atoms with E-state index in [-0.39, 0.29) is 17.2 Å². The Bertz CT molecular complexity index is 769. The molecule has 0 bridgehead atoms. The van der Waals surface area contributed by atoms with Gasteiger partial charge in [-0.05, 0) is 44.1 Å². The molecule has 3 rings (SSSR count). The Labute approximate surface area is 160 Å². The predicted molar refractivity (Wildman–Crippen MR) is 102 cm³/mol. The molecule has 0 radical (unpaired) electrons. The van der Waals surface area contributed by atoms with E-state index < -0.39 is 21.8 Å². The number of hydrogen-bond donors (Lipinski definition) is 2. The maximum atomic E-state index is 12.2. The molecule has 1 aromatic rings. The summed E-state index contributed by atoms with van der Waals surface area (Å²) in [6.07, 6.45) is 2.95. The summed E-state index contributed by atoms with van der Waals surface area (Å²) in [5.41, 5.74) is 0.933. The Hall–Kier alpha value is -1.93. The SMILES string of the molecule is C[C@@H](NC(=O)C(=O)NCC1CCN(S(=O)(=O)C2CC2)CC1)c1ccccc1. The summed E-state index contributed by atoms with van der Waals surface area (Å²) in [5, 5.41) is 5.19. The second kappa shape index (κ2) is 8.39. The lowest BCUT2D eigenvalue weighted by Gasteiger charge is -2.31. The van der Waals surface area contributed by atoms with Crippen LogP contribution in [0.25, 0.3) is 0 Å². The Morgan fingerprint density at radius 2 is 1.70 bits per heavy atom. The average Bonchev–Trinajstić information content (AvgIpc) is 3.53. The Balaban J connectivity index is 1.40. The second-order valence-electron chi connectivity index (χ2n) is 7.40. The molecule has 0 aromatic heterocycles. The van der Waals surface area contributed by atoms with Gasteiger partial charge in [0, 0.05) is 19.6 Å². The highest BCUT2D eigenvalue weighted by Gasteiger charge is 2.41. The number of sulfonamides is 1. The third kappa shape index (κ3) is 5.07. The highest BCUT2D eigenvalue weighted by atomic mass is 32.2. The van der Waals surface area contributed by atoms with Crippen LogP contribution in [0.3, 0.4) is 0 Å². The van der Waals surface area contributed by atoms with Crippen LogP contribution in [0.4, 0.5) is 0 Å². The van der Waals surface area contributed by atoms with E-state index in [2.05, 4.69) is 10.6 Å². The summed E-state index contributed by atoms with van der Waals surface area (Å²) in [4.78, 5) is 24.1. The first-order valence-corrected chi connectivity index (χ1v) is 11.0. The minimum Gasteiger partial charge on any atom is -0.348 e. The minimum absolute atomic E-state index is 0.177. The van der Waals surface area contributed by atoms with E-state index in [0.29, 0.717) is 32.5 Å². The Morgan fingerprint density at radius 1 is 1.07 bits per heavy atom. The standard InChI is InChI=1S/C19H27N3O4S/c1-14(16-5-3-2-4-6-16)21-19(24)18(23)20-13-15-9-11-22(12-10-15)27(25,26)17-7-8-17/h2-6,14-15,17H,7-13H2,1H3,(H,20,23)(H,21,24)/t14-/m1/s1. The molecule has 1 aliphatic carbocycles. The molecule has 1 aliphatic heterocycles. The number of rotatable bonds is 6. The van der Waals surface area contributed by atoms with Crippen LogP contribution >= 0.6 is 0 Å². The third-order valence-corrected chi connectivity index (χ3v) is 7.68. The molecule has 7 nitrogen and oxygen atoms in total. The van der Waals surface area contributed by atoms with E-state index in [4.69, 9.17) is 0 Å². The van der Waals surface area contributed by atoms with E-state index in [0.717, 1.165) is 18.4 Å². The zero-order valence-electron chi connectivity index (χ0n) is 15.6. The van der Waals surface area contributed by atoms with E-state index in [1.54, 1.807) is 4.31 Å². The summed E-state index contributed by atoms with van der Waals surface area (Å²) in [5.74, 6) is -1.11. The van der Waals surface area contributed by atoms with Crippen LogP contribution in [0.5, 0.6) is 0 Å². The average molecular weight is 394 g/mol. The third-order valence-electron chi connectivity index (χ3n) is 5.28. The minimum atomic E-state index is -3.11. The number of carbonyl (C=O) groups excluding carboxylic acids is 2. The molecule has 27 heavy (non-hydrogen) atoms. The Kier molecular flexibility index (Phi) is 6.16. The molecular formula is C19H27N3O4S. The van der Waals surface area contributed by atoms with Gasteiger partial charge < -0.3 is 10.6 Å². The topological polar surface area (TPSA) is 95.6 Å². The smallest absolute Gasteiger partial charge is 0.309 e. The van der Waals surface area contributed by atoms with E-state index in [1.807, 2.05) is 37.3 Å². The van der Waals surface area contributed by atoms with Crippen LogP contribution in [0.2, 0.25) is 0 Å². The molecule has 1 atom stereocenters. The van der Waals surface area contributed by atoms with E-state index in [1.165, 1.54) is 0 Å². The zero-order valence-corrected chi connectivity index (χ0v) is 16.4. The summed E-state index contributed by atoms with van der Waals surface area (Å²) in [6, 6.07) is 9.20. The number of amides is 2. The van der Waals surface area contributed by atoms with Gasteiger partial charge in [0.15, 0.2) is 0 Å². The second-order valence-corrected chi connectivity index (χ2v) is 9.62. The van der Waals surface area contributed by atoms with Crippen molar-refractivity contribution in [3.05, 3.63) is 35.9 Å². The fraction of sp³-hybridized carbons (Fsp3) is 0.579. The van der Waals surface area contributed by atoms with Gasteiger partial charge in [0.25, 0.3) is 0 Å². The van der Waals surface area contributed by atoms with Crippen molar-refractivity contribution >= 4 is 21.8 Å². The molecule has 1 aromatic carbocycles. The van der Waals surface area contributed by atoms with Crippen LogP contribution in [0.1, 0.15) is 44.2 Å². The molecule has 2 aliphatic rings. The molecule has 2 amide bonds. The van der Waals surface area contributed by atoms with Gasteiger partial charge in [-0.3, -0.25) is 9.59 Å². The van der Waals surface area contributed by atoms with Crippen LogP contribution in [-0.2, 0) is 19.6 Å². The van der Waals surface area contributed by atoms with Gasteiger partial charge in [-0.2, -0.15) is 0 Å². The zero-order chi connectivity index (χ0) is 19.4. The van der Waals surface area contributed by atoms with Crippen molar-refractivity contribution in [1.29, 1.82) is 0 Å². The largest absolute Gasteiger partial charge is 0.348 e. The normalized spacial score (nSPS) is 20.0. The quantitative estimate of drug-likeness (QED) is 0.710.